The Morgan fingerprint density at radius 2 is 1.89 bits per heavy atom. The van der Waals surface area contributed by atoms with E-state index >= 15 is 0 Å². The molecule has 1 aromatic rings. The lowest BCUT2D eigenvalue weighted by Gasteiger charge is -2.31. The summed E-state index contributed by atoms with van der Waals surface area (Å²) in [6, 6.07) is 0. The molecule has 2 N–H and O–H groups in total. The first-order chi connectivity index (χ1) is 12.9. The summed E-state index contributed by atoms with van der Waals surface area (Å²) >= 11 is 0. The van der Waals surface area contributed by atoms with Crippen molar-refractivity contribution in [2.45, 2.75) is 46.0 Å². The molecule has 0 unspecified atom stereocenters. The number of carbonyl (C=O) groups is 3. The smallest absolute Gasteiger partial charge is 0.274 e. The van der Waals surface area contributed by atoms with E-state index in [1.54, 1.807) is 16.0 Å². The van der Waals surface area contributed by atoms with Crippen LogP contribution in [-0.2, 0) is 9.59 Å². The van der Waals surface area contributed by atoms with Crippen LogP contribution in [0.3, 0.4) is 0 Å². The Balaban J connectivity index is 1.91. The van der Waals surface area contributed by atoms with Gasteiger partial charge in [-0.25, -0.2) is 4.98 Å². The molecule has 1 aromatic heterocycles. The van der Waals surface area contributed by atoms with Crippen LogP contribution >= 0.6 is 0 Å². The van der Waals surface area contributed by atoms with Gasteiger partial charge >= 0.3 is 0 Å². The van der Waals surface area contributed by atoms with Gasteiger partial charge < -0.3 is 15.5 Å². The van der Waals surface area contributed by atoms with Crippen LogP contribution in [0.15, 0.2) is 12.4 Å². The molecular weight excluding hydrogens is 346 g/mol. The fourth-order valence-electron chi connectivity index (χ4n) is 3.13. The zero-order chi connectivity index (χ0) is 19.8. The number of primary amides is 1. The number of aryl methyl sites for hydroxylation is 1. The minimum absolute atomic E-state index is 0.00205. The molecule has 0 spiro atoms. The van der Waals surface area contributed by atoms with Crippen molar-refractivity contribution in [1.29, 1.82) is 0 Å². The molecule has 1 aliphatic rings. The molecule has 1 fully saturated rings. The van der Waals surface area contributed by atoms with Crippen molar-refractivity contribution in [2.75, 3.05) is 26.2 Å². The maximum Gasteiger partial charge on any atom is 0.274 e. The summed E-state index contributed by atoms with van der Waals surface area (Å²) in [7, 11) is 0. The van der Waals surface area contributed by atoms with Gasteiger partial charge in [-0.05, 0) is 26.2 Å². The number of nitrogens with zero attached hydrogens (tertiary/aromatic N) is 4. The minimum atomic E-state index is -0.294. The third-order valence-corrected chi connectivity index (χ3v) is 4.91. The molecule has 0 saturated carbocycles. The molecule has 8 heteroatoms. The first-order valence-electron chi connectivity index (χ1n) is 9.57. The monoisotopic (exact) mass is 375 g/mol. The molecule has 1 saturated heterocycles. The molecule has 1 aliphatic heterocycles. The summed E-state index contributed by atoms with van der Waals surface area (Å²) in [6.45, 7) is 5.89. The van der Waals surface area contributed by atoms with Crippen molar-refractivity contribution in [2.24, 2.45) is 11.7 Å². The topological polar surface area (TPSA) is 109 Å². The third kappa shape index (κ3) is 6.01. The minimum Gasteiger partial charge on any atom is -0.369 e. The second kappa shape index (κ2) is 9.99. The summed E-state index contributed by atoms with van der Waals surface area (Å²) in [5.41, 5.74) is 6.38. The van der Waals surface area contributed by atoms with Gasteiger partial charge in [0.25, 0.3) is 5.91 Å². The molecule has 0 bridgehead atoms. The standard InChI is InChI=1S/C19H29N5O3/c1-3-4-8-24(19(27)16-13-21-14(2)12-22-16)11-7-17(25)23-9-5-15(6-10-23)18(20)26/h12-13,15H,3-11H2,1-2H3,(H2,20,26). The van der Waals surface area contributed by atoms with Crippen LogP contribution in [0.2, 0.25) is 0 Å². The normalized spacial score (nSPS) is 14.8. The summed E-state index contributed by atoms with van der Waals surface area (Å²) in [5.74, 6) is -0.632. The van der Waals surface area contributed by atoms with Crippen LogP contribution in [0.5, 0.6) is 0 Å². The van der Waals surface area contributed by atoms with Gasteiger partial charge in [0.1, 0.15) is 5.69 Å². The average Bonchev–Trinajstić information content (AvgIpc) is 2.68. The molecule has 2 heterocycles. The lowest BCUT2D eigenvalue weighted by molar-refractivity contribution is -0.135. The molecule has 0 atom stereocenters. The summed E-state index contributed by atoms with van der Waals surface area (Å²) in [5, 5.41) is 0. The van der Waals surface area contributed by atoms with Gasteiger partial charge in [0, 0.05) is 44.7 Å². The number of hydrogen-bond acceptors (Lipinski definition) is 5. The molecule has 0 aromatic carbocycles. The molecule has 3 amide bonds. The number of hydrogen-bond donors (Lipinski definition) is 1. The van der Waals surface area contributed by atoms with Crippen molar-refractivity contribution in [3.63, 3.8) is 0 Å². The first kappa shape index (κ1) is 20.8. The second-order valence-electron chi connectivity index (χ2n) is 7.00. The van der Waals surface area contributed by atoms with Gasteiger partial charge in [0.15, 0.2) is 0 Å². The van der Waals surface area contributed by atoms with Gasteiger partial charge in [-0.3, -0.25) is 19.4 Å². The van der Waals surface area contributed by atoms with E-state index in [1.165, 1.54) is 6.20 Å². The van der Waals surface area contributed by atoms with E-state index in [2.05, 4.69) is 16.9 Å². The fourth-order valence-corrected chi connectivity index (χ4v) is 3.13. The number of amides is 3. The number of nitrogens with two attached hydrogens (primary N) is 1. The van der Waals surface area contributed by atoms with E-state index in [1.807, 2.05) is 6.92 Å². The predicted octanol–water partition coefficient (Wildman–Crippen LogP) is 1.14. The van der Waals surface area contributed by atoms with E-state index in [0.717, 1.165) is 18.5 Å². The van der Waals surface area contributed by atoms with Gasteiger partial charge in [0.05, 0.1) is 11.9 Å². The molecule has 2 rings (SSSR count). The SMILES string of the molecule is CCCCN(CCC(=O)N1CCC(C(N)=O)CC1)C(=O)c1cnc(C)cn1. The van der Waals surface area contributed by atoms with Crippen molar-refractivity contribution in [3.05, 3.63) is 23.8 Å². The third-order valence-electron chi connectivity index (χ3n) is 4.91. The molecule has 0 radical (unpaired) electrons. The van der Waals surface area contributed by atoms with E-state index in [9.17, 15) is 14.4 Å². The van der Waals surface area contributed by atoms with Crippen molar-refractivity contribution in [1.82, 2.24) is 19.8 Å². The Hall–Kier alpha value is -2.51. The van der Waals surface area contributed by atoms with Crippen LogP contribution in [0.1, 0.15) is 55.2 Å². The number of unbranched alkanes of at least 4 members (excludes halogenated alkanes) is 1. The molecular formula is C19H29N5O3. The van der Waals surface area contributed by atoms with Crippen LogP contribution in [-0.4, -0.2) is 63.7 Å². The van der Waals surface area contributed by atoms with Crippen LogP contribution in [0.25, 0.3) is 0 Å². The maximum atomic E-state index is 12.7. The Kier molecular flexibility index (Phi) is 7.69. The van der Waals surface area contributed by atoms with Gasteiger partial charge in [0.2, 0.25) is 11.8 Å². The Morgan fingerprint density at radius 3 is 2.44 bits per heavy atom. The molecule has 0 aliphatic carbocycles. The second-order valence-corrected chi connectivity index (χ2v) is 7.00. The van der Waals surface area contributed by atoms with Crippen molar-refractivity contribution < 1.29 is 14.4 Å². The van der Waals surface area contributed by atoms with E-state index in [-0.39, 0.29) is 30.1 Å². The van der Waals surface area contributed by atoms with Crippen LogP contribution in [0, 0.1) is 12.8 Å². The summed E-state index contributed by atoms with van der Waals surface area (Å²) in [6.07, 6.45) is 6.35. The first-order valence-corrected chi connectivity index (χ1v) is 9.57. The zero-order valence-electron chi connectivity index (χ0n) is 16.2. The van der Waals surface area contributed by atoms with Gasteiger partial charge in [-0.2, -0.15) is 0 Å². The Bertz CT molecular complexity index is 654. The number of aromatic nitrogens is 2. The van der Waals surface area contributed by atoms with Crippen molar-refractivity contribution >= 4 is 17.7 Å². The molecule has 148 valence electrons. The highest BCUT2D eigenvalue weighted by atomic mass is 16.2. The van der Waals surface area contributed by atoms with E-state index in [4.69, 9.17) is 5.73 Å². The summed E-state index contributed by atoms with van der Waals surface area (Å²) in [4.78, 5) is 48.2. The molecule has 27 heavy (non-hydrogen) atoms. The number of carbonyl (C=O) groups excluding carboxylic acids is 3. The van der Waals surface area contributed by atoms with Crippen molar-refractivity contribution in [3.8, 4) is 0 Å². The lowest BCUT2D eigenvalue weighted by Crippen LogP contribution is -2.43. The van der Waals surface area contributed by atoms with Crippen LogP contribution < -0.4 is 5.73 Å². The lowest BCUT2D eigenvalue weighted by atomic mass is 9.96. The van der Waals surface area contributed by atoms with Crippen LogP contribution in [0.4, 0.5) is 0 Å². The Morgan fingerprint density at radius 1 is 1.19 bits per heavy atom. The Labute approximate surface area is 160 Å². The van der Waals surface area contributed by atoms with Gasteiger partial charge in [-0.1, -0.05) is 13.3 Å². The average molecular weight is 375 g/mol. The quantitative estimate of drug-likeness (QED) is 0.733. The number of likely N-dealkylation sites (tertiary alicyclic amines) is 1. The van der Waals surface area contributed by atoms with Gasteiger partial charge in [-0.15, -0.1) is 0 Å². The number of piperidine rings is 1. The highest BCUT2D eigenvalue weighted by Gasteiger charge is 2.26. The predicted molar refractivity (Wildman–Crippen MR) is 101 cm³/mol. The highest BCUT2D eigenvalue weighted by Crippen LogP contribution is 2.17. The zero-order valence-corrected chi connectivity index (χ0v) is 16.2. The number of rotatable bonds is 8. The van der Waals surface area contributed by atoms with E-state index < -0.39 is 0 Å². The fraction of sp³-hybridized carbons (Fsp3) is 0.632. The highest BCUT2D eigenvalue weighted by molar-refractivity contribution is 5.92. The largest absolute Gasteiger partial charge is 0.369 e. The van der Waals surface area contributed by atoms with E-state index in [0.29, 0.717) is 44.7 Å². The summed E-state index contributed by atoms with van der Waals surface area (Å²) < 4.78 is 0. The maximum absolute atomic E-state index is 12.7. The molecule has 8 nitrogen and oxygen atoms in total.